The van der Waals surface area contributed by atoms with Crippen LogP contribution in [0.25, 0.3) is 11.4 Å². The number of halogens is 2. The molecule has 0 spiro atoms. The molecule has 1 aromatic heterocycles. The predicted molar refractivity (Wildman–Crippen MR) is 80.1 cm³/mol. The fourth-order valence-electron chi connectivity index (χ4n) is 1.74. The minimum atomic E-state index is -0.388. The van der Waals surface area contributed by atoms with Crippen molar-refractivity contribution in [1.29, 1.82) is 0 Å². The lowest BCUT2D eigenvalue weighted by Gasteiger charge is -2.12. The summed E-state index contributed by atoms with van der Waals surface area (Å²) in [5.74, 6) is 0.673. The van der Waals surface area contributed by atoms with Gasteiger partial charge in [0, 0.05) is 19.2 Å². The van der Waals surface area contributed by atoms with Crippen LogP contribution in [-0.2, 0) is 6.54 Å². The highest BCUT2D eigenvalue weighted by Crippen LogP contribution is 2.27. The van der Waals surface area contributed by atoms with Crippen molar-refractivity contribution in [1.82, 2.24) is 20.0 Å². The van der Waals surface area contributed by atoms with Gasteiger partial charge in [-0.2, -0.15) is 9.97 Å². The number of anilines is 1. The maximum absolute atomic E-state index is 12.0. The molecule has 0 atom stereocenters. The molecule has 2 aromatic rings. The van der Waals surface area contributed by atoms with Gasteiger partial charge in [-0.1, -0.05) is 23.2 Å². The van der Waals surface area contributed by atoms with Gasteiger partial charge in [-0.25, -0.2) is 10.2 Å². The maximum atomic E-state index is 12.0. The molecule has 2 N–H and O–H groups in total. The van der Waals surface area contributed by atoms with Crippen molar-refractivity contribution >= 4 is 29.2 Å². The van der Waals surface area contributed by atoms with E-state index in [1.807, 2.05) is 6.92 Å². The summed E-state index contributed by atoms with van der Waals surface area (Å²) in [5, 5.41) is 0.851. The van der Waals surface area contributed by atoms with Crippen molar-refractivity contribution < 1.29 is 0 Å². The first kappa shape index (κ1) is 14.8. The Balaban J connectivity index is 2.63. The van der Waals surface area contributed by atoms with Crippen LogP contribution in [0.5, 0.6) is 0 Å². The Kier molecular flexibility index (Phi) is 4.59. The fourth-order valence-corrected chi connectivity index (χ4v) is 2.03. The smallest absolute Gasteiger partial charge is 0.290 e. The van der Waals surface area contributed by atoms with E-state index in [1.54, 1.807) is 25.2 Å². The van der Waals surface area contributed by atoms with Gasteiger partial charge in [-0.3, -0.25) is 9.99 Å². The molecule has 20 heavy (non-hydrogen) atoms. The van der Waals surface area contributed by atoms with Crippen LogP contribution in [0.1, 0.15) is 6.92 Å². The SMILES string of the molecule is CCn1c(-c2ccc(Cl)c(Cl)c2)nc(NNC)nc1=O. The van der Waals surface area contributed by atoms with Crippen LogP contribution < -0.4 is 16.5 Å². The van der Waals surface area contributed by atoms with Crippen LogP contribution in [-0.4, -0.2) is 21.6 Å². The second-order valence-electron chi connectivity index (χ2n) is 3.90. The summed E-state index contributed by atoms with van der Waals surface area (Å²) in [6.45, 7) is 2.30. The average molecular weight is 314 g/mol. The predicted octanol–water partition coefficient (Wildman–Crippen LogP) is 2.18. The highest BCUT2D eigenvalue weighted by atomic mass is 35.5. The Morgan fingerprint density at radius 1 is 1.25 bits per heavy atom. The Morgan fingerprint density at radius 2 is 2.00 bits per heavy atom. The topological polar surface area (TPSA) is 71.8 Å². The van der Waals surface area contributed by atoms with Crippen molar-refractivity contribution in [2.24, 2.45) is 0 Å². The average Bonchev–Trinajstić information content (AvgIpc) is 2.41. The first-order chi connectivity index (χ1) is 9.56. The second-order valence-corrected chi connectivity index (χ2v) is 4.72. The molecule has 0 unspecified atom stereocenters. The summed E-state index contributed by atoms with van der Waals surface area (Å²) < 4.78 is 1.46. The summed E-state index contributed by atoms with van der Waals surface area (Å²) in [4.78, 5) is 20.1. The Morgan fingerprint density at radius 3 is 2.60 bits per heavy atom. The molecule has 0 aliphatic rings. The minimum Gasteiger partial charge on any atom is -0.290 e. The lowest BCUT2D eigenvalue weighted by Crippen LogP contribution is -2.29. The zero-order valence-electron chi connectivity index (χ0n) is 10.9. The molecule has 0 radical (unpaired) electrons. The summed E-state index contributed by atoms with van der Waals surface area (Å²) in [6, 6.07) is 5.09. The molecule has 0 aliphatic heterocycles. The summed E-state index contributed by atoms with van der Waals surface area (Å²) in [5.41, 5.74) is 5.68. The lowest BCUT2D eigenvalue weighted by molar-refractivity contribution is 0.684. The number of benzene rings is 1. The molecule has 0 aliphatic carbocycles. The molecular formula is C12H13Cl2N5O. The van der Waals surface area contributed by atoms with Crippen LogP contribution in [0, 0.1) is 0 Å². The van der Waals surface area contributed by atoms with Crippen LogP contribution >= 0.6 is 23.2 Å². The van der Waals surface area contributed by atoms with Crippen molar-refractivity contribution in [2.45, 2.75) is 13.5 Å². The van der Waals surface area contributed by atoms with Gasteiger partial charge < -0.3 is 0 Å². The normalized spacial score (nSPS) is 10.6. The molecule has 2 rings (SSSR count). The maximum Gasteiger partial charge on any atom is 0.352 e. The van der Waals surface area contributed by atoms with E-state index >= 15 is 0 Å². The molecule has 0 saturated carbocycles. The molecular weight excluding hydrogens is 301 g/mol. The Labute approximate surface area is 125 Å². The van der Waals surface area contributed by atoms with Gasteiger partial charge in [0.15, 0.2) is 0 Å². The summed E-state index contributed by atoms with van der Waals surface area (Å²) in [7, 11) is 1.66. The van der Waals surface area contributed by atoms with E-state index in [2.05, 4.69) is 20.8 Å². The molecule has 6 nitrogen and oxygen atoms in total. The molecule has 106 valence electrons. The van der Waals surface area contributed by atoms with E-state index in [9.17, 15) is 4.79 Å². The van der Waals surface area contributed by atoms with Gasteiger partial charge in [0.05, 0.1) is 10.0 Å². The third-order valence-electron chi connectivity index (χ3n) is 2.63. The number of nitrogens with one attached hydrogen (secondary N) is 2. The largest absolute Gasteiger partial charge is 0.352 e. The molecule has 0 saturated heterocycles. The number of hydrazine groups is 1. The number of hydrogen-bond acceptors (Lipinski definition) is 5. The molecule has 8 heteroatoms. The molecule has 1 aromatic carbocycles. The molecule has 1 heterocycles. The lowest BCUT2D eigenvalue weighted by atomic mass is 10.2. The van der Waals surface area contributed by atoms with E-state index in [0.29, 0.717) is 28.0 Å². The number of rotatable bonds is 4. The van der Waals surface area contributed by atoms with Gasteiger partial charge in [0.2, 0.25) is 5.95 Å². The van der Waals surface area contributed by atoms with E-state index in [-0.39, 0.29) is 11.6 Å². The zero-order chi connectivity index (χ0) is 14.7. The van der Waals surface area contributed by atoms with Gasteiger partial charge >= 0.3 is 5.69 Å². The van der Waals surface area contributed by atoms with Gasteiger partial charge in [-0.05, 0) is 25.1 Å². The van der Waals surface area contributed by atoms with Gasteiger partial charge in [0.1, 0.15) is 5.82 Å². The first-order valence-electron chi connectivity index (χ1n) is 5.94. The standard InChI is InChI=1S/C12H13Cl2N5O/c1-3-19-10(7-4-5-8(13)9(14)6-7)16-11(18-15-2)17-12(19)20/h4-6,15H,3H2,1-2H3,(H,17,18,20). The van der Waals surface area contributed by atoms with Crippen molar-refractivity contribution in [2.75, 3.05) is 12.5 Å². The van der Waals surface area contributed by atoms with E-state index in [1.165, 1.54) is 4.57 Å². The molecule has 0 amide bonds. The number of aromatic nitrogens is 3. The van der Waals surface area contributed by atoms with Crippen molar-refractivity contribution in [3.8, 4) is 11.4 Å². The van der Waals surface area contributed by atoms with Gasteiger partial charge in [-0.15, -0.1) is 0 Å². The van der Waals surface area contributed by atoms with E-state index < -0.39 is 0 Å². The second kappa shape index (κ2) is 6.21. The first-order valence-corrected chi connectivity index (χ1v) is 6.69. The monoisotopic (exact) mass is 313 g/mol. The van der Waals surface area contributed by atoms with Crippen LogP contribution in [0.3, 0.4) is 0 Å². The third-order valence-corrected chi connectivity index (χ3v) is 3.37. The van der Waals surface area contributed by atoms with E-state index in [4.69, 9.17) is 23.2 Å². The summed E-state index contributed by atoms with van der Waals surface area (Å²) in [6.07, 6.45) is 0. The van der Waals surface area contributed by atoms with Crippen molar-refractivity contribution in [3.63, 3.8) is 0 Å². The Bertz CT molecular complexity index is 686. The molecule has 0 bridgehead atoms. The van der Waals surface area contributed by atoms with Crippen LogP contribution in [0.4, 0.5) is 5.95 Å². The number of nitrogens with zero attached hydrogens (tertiary/aromatic N) is 3. The van der Waals surface area contributed by atoms with Crippen molar-refractivity contribution in [3.05, 3.63) is 38.7 Å². The molecule has 0 fully saturated rings. The van der Waals surface area contributed by atoms with Crippen LogP contribution in [0.15, 0.2) is 23.0 Å². The third kappa shape index (κ3) is 2.92. The van der Waals surface area contributed by atoms with Gasteiger partial charge in [0.25, 0.3) is 0 Å². The fraction of sp³-hybridized carbons (Fsp3) is 0.250. The highest BCUT2D eigenvalue weighted by molar-refractivity contribution is 6.42. The number of hydrogen-bond donors (Lipinski definition) is 2. The Hall–Kier alpha value is -1.63. The van der Waals surface area contributed by atoms with Crippen LogP contribution in [0.2, 0.25) is 10.0 Å². The zero-order valence-corrected chi connectivity index (χ0v) is 12.5. The quantitative estimate of drug-likeness (QED) is 0.846. The highest BCUT2D eigenvalue weighted by Gasteiger charge is 2.12. The van der Waals surface area contributed by atoms with E-state index in [0.717, 1.165) is 0 Å². The summed E-state index contributed by atoms with van der Waals surface area (Å²) >= 11 is 11.9. The minimum absolute atomic E-state index is 0.197.